The summed E-state index contributed by atoms with van der Waals surface area (Å²) in [5, 5.41) is 2.37. The van der Waals surface area contributed by atoms with Crippen molar-refractivity contribution in [3.63, 3.8) is 0 Å². The maximum Gasteiger partial charge on any atom is 0.242 e. The van der Waals surface area contributed by atoms with Crippen molar-refractivity contribution in [2.24, 2.45) is 0 Å². The van der Waals surface area contributed by atoms with Crippen molar-refractivity contribution in [2.75, 3.05) is 19.3 Å². The molecule has 1 saturated heterocycles. The fourth-order valence-corrected chi connectivity index (χ4v) is 2.21. The van der Waals surface area contributed by atoms with E-state index in [1.165, 1.54) is 16.7 Å². The summed E-state index contributed by atoms with van der Waals surface area (Å²) in [6, 6.07) is 0. The second kappa shape index (κ2) is 5.89. The van der Waals surface area contributed by atoms with E-state index in [0.717, 1.165) is 0 Å². The summed E-state index contributed by atoms with van der Waals surface area (Å²) < 4.78 is 0. The molecule has 0 bridgehead atoms. The van der Waals surface area contributed by atoms with Gasteiger partial charge in [-0.15, -0.1) is 0 Å². The van der Waals surface area contributed by atoms with Gasteiger partial charge in [0.25, 0.3) is 0 Å². The van der Waals surface area contributed by atoms with Gasteiger partial charge in [-0.05, 0) is 13.2 Å². The minimum atomic E-state index is -0.262. The predicted molar refractivity (Wildman–Crippen MR) is 61.9 cm³/mol. The molecule has 1 fully saturated rings. The minimum Gasteiger partial charge on any atom is -0.356 e. The highest BCUT2D eigenvalue weighted by Crippen LogP contribution is 2.22. The third-order valence-electron chi connectivity index (χ3n) is 2.42. The van der Waals surface area contributed by atoms with Gasteiger partial charge in [0.1, 0.15) is 0 Å². The molecule has 90 valence electrons. The third-order valence-corrected chi connectivity index (χ3v) is 3.36. The number of nitrogens with zero attached hydrogens (tertiary/aromatic N) is 1. The summed E-state index contributed by atoms with van der Waals surface area (Å²) in [6.45, 7) is 2.59. The first-order valence-electron chi connectivity index (χ1n) is 5.23. The largest absolute Gasteiger partial charge is 0.356 e. The topological polar surface area (TPSA) is 66.5 Å². The van der Waals surface area contributed by atoms with Crippen LogP contribution in [0.25, 0.3) is 0 Å². The molecule has 0 aromatic heterocycles. The number of hydrogen-bond donors (Lipinski definition) is 1. The standard InChI is InChI=1S/C10H16N2O3S/c1-3-11-8(13)4-5-12-9(14)6-7(16-2)10(12)15/h7H,3-6H2,1-2H3,(H,11,13). The summed E-state index contributed by atoms with van der Waals surface area (Å²) >= 11 is 1.38. The number of thioether (sulfide) groups is 1. The van der Waals surface area contributed by atoms with E-state index < -0.39 is 0 Å². The van der Waals surface area contributed by atoms with Crippen LogP contribution in [0.3, 0.4) is 0 Å². The van der Waals surface area contributed by atoms with E-state index in [1.54, 1.807) is 0 Å². The van der Waals surface area contributed by atoms with E-state index in [-0.39, 0.29) is 42.4 Å². The van der Waals surface area contributed by atoms with E-state index in [9.17, 15) is 14.4 Å². The lowest BCUT2D eigenvalue weighted by atomic mass is 10.3. The van der Waals surface area contributed by atoms with Crippen molar-refractivity contribution < 1.29 is 14.4 Å². The van der Waals surface area contributed by atoms with Gasteiger partial charge in [-0.25, -0.2) is 0 Å². The zero-order valence-corrected chi connectivity index (χ0v) is 10.3. The first kappa shape index (κ1) is 13.0. The predicted octanol–water partition coefficient (Wildman–Crippen LogP) is 0.00310. The highest BCUT2D eigenvalue weighted by atomic mass is 32.2. The van der Waals surface area contributed by atoms with Crippen molar-refractivity contribution in [1.29, 1.82) is 0 Å². The highest BCUT2D eigenvalue weighted by molar-refractivity contribution is 8.00. The van der Waals surface area contributed by atoms with Crippen molar-refractivity contribution in [2.45, 2.75) is 25.0 Å². The van der Waals surface area contributed by atoms with Crippen molar-refractivity contribution in [1.82, 2.24) is 10.2 Å². The Balaban J connectivity index is 2.45. The Morgan fingerprint density at radius 2 is 2.25 bits per heavy atom. The molecule has 0 spiro atoms. The van der Waals surface area contributed by atoms with E-state index in [0.29, 0.717) is 6.54 Å². The van der Waals surface area contributed by atoms with Gasteiger partial charge < -0.3 is 5.32 Å². The molecule has 1 heterocycles. The molecule has 0 aromatic rings. The van der Waals surface area contributed by atoms with Crippen LogP contribution in [0.1, 0.15) is 19.8 Å². The van der Waals surface area contributed by atoms with Crippen LogP contribution in [0.4, 0.5) is 0 Å². The number of amides is 3. The van der Waals surface area contributed by atoms with Crippen LogP contribution < -0.4 is 5.32 Å². The van der Waals surface area contributed by atoms with Gasteiger partial charge in [-0.2, -0.15) is 11.8 Å². The third kappa shape index (κ3) is 2.98. The minimum absolute atomic E-state index is 0.129. The van der Waals surface area contributed by atoms with Crippen molar-refractivity contribution in [3.8, 4) is 0 Å². The van der Waals surface area contributed by atoms with Crippen molar-refractivity contribution >= 4 is 29.5 Å². The van der Waals surface area contributed by atoms with Gasteiger partial charge >= 0.3 is 0 Å². The smallest absolute Gasteiger partial charge is 0.242 e. The average Bonchev–Trinajstić information content (AvgIpc) is 2.52. The second-order valence-electron chi connectivity index (χ2n) is 3.52. The Morgan fingerprint density at radius 3 is 2.75 bits per heavy atom. The summed E-state index contributed by atoms with van der Waals surface area (Å²) in [4.78, 5) is 35.5. The average molecular weight is 244 g/mol. The van der Waals surface area contributed by atoms with Gasteiger partial charge in [-0.3, -0.25) is 19.3 Å². The Bertz CT molecular complexity index is 306. The van der Waals surface area contributed by atoms with E-state index >= 15 is 0 Å². The van der Waals surface area contributed by atoms with E-state index in [1.807, 2.05) is 13.2 Å². The summed E-state index contributed by atoms with van der Waals surface area (Å²) in [5.41, 5.74) is 0. The Morgan fingerprint density at radius 1 is 1.56 bits per heavy atom. The number of carbonyl (C=O) groups excluding carboxylic acids is 3. The van der Waals surface area contributed by atoms with Gasteiger partial charge in [0.2, 0.25) is 17.7 Å². The number of likely N-dealkylation sites (tertiary alicyclic amines) is 1. The van der Waals surface area contributed by atoms with Gasteiger partial charge in [0, 0.05) is 25.9 Å². The molecule has 0 aliphatic carbocycles. The first-order chi connectivity index (χ1) is 7.60. The van der Waals surface area contributed by atoms with Crippen molar-refractivity contribution in [3.05, 3.63) is 0 Å². The Labute approximate surface area is 98.9 Å². The lowest BCUT2D eigenvalue weighted by Crippen LogP contribution is -2.35. The molecule has 1 rings (SSSR count). The normalized spacial score (nSPS) is 20.4. The molecule has 0 saturated carbocycles. The second-order valence-corrected chi connectivity index (χ2v) is 4.56. The fraction of sp³-hybridized carbons (Fsp3) is 0.700. The van der Waals surface area contributed by atoms with Gasteiger partial charge in [0.15, 0.2) is 0 Å². The first-order valence-corrected chi connectivity index (χ1v) is 6.52. The lowest BCUT2D eigenvalue weighted by Gasteiger charge is -2.13. The number of nitrogens with one attached hydrogen (secondary N) is 1. The zero-order chi connectivity index (χ0) is 12.1. The molecular formula is C10H16N2O3S. The number of imide groups is 1. The quantitative estimate of drug-likeness (QED) is 0.691. The molecule has 5 nitrogen and oxygen atoms in total. The Kier molecular flexibility index (Phi) is 4.79. The monoisotopic (exact) mass is 244 g/mol. The highest BCUT2D eigenvalue weighted by Gasteiger charge is 2.37. The molecule has 1 aliphatic rings. The summed E-state index contributed by atoms with van der Waals surface area (Å²) in [5.74, 6) is -0.467. The molecule has 6 heteroatoms. The fourth-order valence-electron chi connectivity index (χ4n) is 1.57. The molecule has 0 aromatic carbocycles. The Hall–Kier alpha value is -1.04. The lowest BCUT2D eigenvalue weighted by molar-refractivity contribution is -0.138. The summed E-state index contributed by atoms with van der Waals surface area (Å²) in [7, 11) is 0. The summed E-state index contributed by atoms with van der Waals surface area (Å²) in [6.07, 6.45) is 2.25. The van der Waals surface area contributed by atoms with Crippen LogP contribution in [0, 0.1) is 0 Å². The maximum absolute atomic E-state index is 11.7. The van der Waals surface area contributed by atoms with Crippen LogP contribution >= 0.6 is 11.8 Å². The van der Waals surface area contributed by atoms with E-state index in [2.05, 4.69) is 5.32 Å². The number of rotatable bonds is 5. The molecule has 16 heavy (non-hydrogen) atoms. The molecule has 1 atom stereocenters. The maximum atomic E-state index is 11.7. The zero-order valence-electron chi connectivity index (χ0n) is 9.49. The molecule has 3 amide bonds. The molecule has 1 aliphatic heterocycles. The molecule has 0 radical (unpaired) electrons. The molecule has 1 unspecified atom stereocenters. The molecular weight excluding hydrogens is 228 g/mol. The molecule has 1 N–H and O–H groups in total. The number of hydrogen-bond acceptors (Lipinski definition) is 4. The van der Waals surface area contributed by atoms with Crippen LogP contribution in [0.2, 0.25) is 0 Å². The van der Waals surface area contributed by atoms with Gasteiger partial charge in [0.05, 0.1) is 5.25 Å². The van der Waals surface area contributed by atoms with E-state index in [4.69, 9.17) is 0 Å². The van der Waals surface area contributed by atoms with Crippen LogP contribution in [-0.4, -0.2) is 47.2 Å². The van der Waals surface area contributed by atoms with Crippen LogP contribution in [-0.2, 0) is 14.4 Å². The van der Waals surface area contributed by atoms with Crippen LogP contribution in [0.5, 0.6) is 0 Å². The number of carbonyl (C=O) groups is 3. The van der Waals surface area contributed by atoms with Gasteiger partial charge in [-0.1, -0.05) is 0 Å². The van der Waals surface area contributed by atoms with Crippen LogP contribution in [0.15, 0.2) is 0 Å². The SMILES string of the molecule is CCNC(=O)CCN1C(=O)CC(SC)C1=O.